The van der Waals surface area contributed by atoms with Crippen LogP contribution >= 0.6 is 0 Å². The molecule has 1 heterocycles. The SMILES string of the molecule is CC(C)NCCc1ccccc1CN1CCCC1. The van der Waals surface area contributed by atoms with E-state index in [1.54, 1.807) is 0 Å². The van der Waals surface area contributed by atoms with Crippen molar-refractivity contribution in [3.8, 4) is 0 Å². The zero-order valence-electron chi connectivity index (χ0n) is 11.8. The number of benzene rings is 1. The monoisotopic (exact) mass is 246 g/mol. The van der Waals surface area contributed by atoms with Crippen molar-refractivity contribution in [2.45, 2.75) is 45.7 Å². The molecule has 1 N–H and O–H groups in total. The number of rotatable bonds is 6. The van der Waals surface area contributed by atoms with Crippen LogP contribution in [0, 0.1) is 0 Å². The van der Waals surface area contributed by atoms with Gasteiger partial charge in [-0.05, 0) is 50.0 Å². The van der Waals surface area contributed by atoms with Crippen molar-refractivity contribution in [1.82, 2.24) is 10.2 Å². The van der Waals surface area contributed by atoms with E-state index in [2.05, 4.69) is 48.3 Å². The van der Waals surface area contributed by atoms with Gasteiger partial charge in [0.05, 0.1) is 0 Å². The van der Waals surface area contributed by atoms with Crippen LogP contribution in [0.25, 0.3) is 0 Å². The maximum absolute atomic E-state index is 3.50. The molecule has 100 valence electrons. The van der Waals surface area contributed by atoms with Crippen LogP contribution in [0.1, 0.15) is 37.8 Å². The second kappa shape index (κ2) is 6.91. The largest absolute Gasteiger partial charge is 0.314 e. The molecule has 0 unspecified atom stereocenters. The second-order valence-electron chi connectivity index (χ2n) is 5.61. The third-order valence-electron chi connectivity index (χ3n) is 3.66. The highest BCUT2D eigenvalue weighted by atomic mass is 15.1. The first-order valence-electron chi connectivity index (χ1n) is 7.28. The van der Waals surface area contributed by atoms with Gasteiger partial charge < -0.3 is 5.32 Å². The maximum Gasteiger partial charge on any atom is 0.0236 e. The molecule has 0 spiro atoms. The van der Waals surface area contributed by atoms with E-state index in [0.29, 0.717) is 6.04 Å². The van der Waals surface area contributed by atoms with E-state index < -0.39 is 0 Å². The van der Waals surface area contributed by atoms with Crippen LogP contribution in [0.4, 0.5) is 0 Å². The van der Waals surface area contributed by atoms with Gasteiger partial charge in [0, 0.05) is 12.6 Å². The van der Waals surface area contributed by atoms with Crippen LogP contribution in [0.2, 0.25) is 0 Å². The van der Waals surface area contributed by atoms with Crippen molar-refractivity contribution in [2.24, 2.45) is 0 Å². The lowest BCUT2D eigenvalue weighted by atomic mass is 10.0. The number of nitrogens with zero attached hydrogens (tertiary/aromatic N) is 1. The van der Waals surface area contributed by atoms with Gasteiger partial charge >= 0.3 is 0 Å². The highest BCUT2D eigenvalue weighted by molar-refractivity contribution is 5.27. The van der Waals surface area contributed by atoms with E-state index >= 15 is 0 Å². The Labute approximate surface area is 111 Å². The van der Waals surface area contributed by atoms with Gasteiger partial charge in [-0.3, -0.25) is 4.90 Å². The first-order chi connectivity index (χ1) is 8.75. The average Bonchev–Trinajstić information content (AvgIpc) is 2.84. The minimum absolute atomic E-state index is 0.579. The topological polar surface area (TPSA) is 15.3 Å². The summed E-state index contributed by atoms with van der Waals surface area (Å²) in [5, 5.41) is 3.50. The Bertz CT molecular complexity index is 354. The maximum atomic E-state index is 3.50. The fourth-order valence-electron chi connectivity index (χ4n) is 2.63. The minimum Gasteiger partial charge on any atom is -0.314 e. The second-order valence-corrected chi connectivity index (χ2v) is 5.61. The molecule has 2 rings (SSSR count). The van der Waals surface area contributed by atoms with E-state index in [1.807, 2.05) is 0 Å². The number of nitrogens with one attached hydrogen (secondary N) is 1. The molecule has 1 aromatic rings. The van der Waals surface area contributed by atoms with Crippen LogP contribution in [0.15, 0.2) is 24.3 Å². The lowest BCUT2D eigenvalue weighted by Gasteiger charge is -2.18. The van der Waals surface area contributed by atoms with Crippen molar-refractivity contribution in [3.63, 3.8) is 0 Å². The molecule has 0 aliphatic carbocycles. The van der Waals surface area contributed by atoms with E-state index in [-0.39, 0.29) is 0 Å². The van der Waals surface area contributed by atoms with Crippen molar-refractivity contribution in [2.75, 3.05) is 19.6 Å². The summed E-state index contributed by atoms with van der Waals surface area (Å²) < 4.78 is 0. The fraction of sp³-hybridized carbons (Fsp3) is 0.625. The Kier molecular flexibility index (Phi) is 5.21. The van der Waals surface area contributed by atoms with Gasteiger partial charge in [0.1, 0.15) is 0 Å². The Hall–Kier alpha value is -0.860. The Morgan fingerprint density at radius 3 is 2.44 bits per heavy atom. The van der Waals surface area contributed by atoms with Crippen molar-refractivity contribution in [1.29, 1.82) is 0 Å². The first kappa shape index (κ1) is 13.6. The molecule has 1 fully saturated rings. The van der Waals surface area contributed by atoms with Crippen molar-refractivity contribution in [3.05, 3.63) is 35.4 Å². The van der Waals surface area contributed by atoms with E-state index in [0.717, 1.165) is 19.5 Å². The van der Waals surface area contributed by atoms with E-state index in [9.17, 15) is 0 Å². The third-order valence-corrected chi connectivity index (χ3v) is 3.66. The molecule has 1 saturated heterocycles. The standard InChI is InChI=1S/C16H26N2/c1-14(2)17-10-9-15-7-3-4-8-16(15)13-18-11-5-6-12-18/h3-4,7-8,14,17H,5-6,9-13H2,1-2H3. The van der Waals surface area contributed by atoms with Crippen molar-refractivity contribution >= 4 is 0 Å². The van der Waals surface area contributed by atoms with Gasteiger partial charge in [-0.2, -0.15) is 0 Å². The Morgan fingerprint density at radius 2 is 1.78 bits per heavy atom. The Balaban J connectivity index is 1.91. The molecule has 18 heavy (non-hydrogen) atoms. The van der Waals surface area contributed by atoms with Gasteiger partial charge in [0.2, 0.25) is 0 Å². The molecule has 1 aliphatic rings. The summed E-state index contributed by atoms with van der Waals surface area (Å²) in [6.45, 7) is 9.18. The average molecular weight is 246 g/mol. The molecule has 0 atom stereocenters. The molecule has 2 heteroatoms. The predicted octanol–water partition coefficient (Wildman–Crippen LogP) is 2.82. The van der Waals surface area contributed by atoms with Crippen LogP contribution in [0.5, 0.6) is 0 Å². The zero-order chi connectivity index (χ0) is 12.8. The predicted molar refractivity (Wildman–Crippen MR) is 77.8 cm³/mol. The van der Waals surface area contributed by atoms with Gasteiger partial charge in [0.15, 0.2) is 0 Å². The molecule has 0 radical (unpaired) electrons. The molecule has 1 aliphatic heterocycles. The Morgan fingerprint density at radius 1 is 1.11 bits per heavy atom. The molecule has 2 nitrogen and oxygen atoms in total. The third kappa shape index (κ3) is 4.11. The smallest absolute Gasteiger partial charge is 0.0236 e. The summed E-state index contributed by atoms with van der Waals surface area (Å²) in [6.07, 6.45) is 3.89. The van der Waals surface area contributed by atoms with E-state index in [1.165, 1.54) is 37.1 Å². The van der Waals surface area contributed by atoms with Crippen molar-refractivity contribution < 1.29 is 0 Å². The summed E-state index contributed by atoms with van der Waals surface area (Å²) in [5.74, 6) is 0. The normalized spacial score (nSPS) is 16.6. The molecule has 0 saturated carbocycles. The minimum atomic E-state index is 0.579. The number of likely N-dealkylation sites (tertiary alicyclic amines) is 1. The van der Waals surface area contributed by atoms with Crippen LogP contribution in [0.3, 0.4) is 0 Å². The fourth-order valence-corrected chi connectivity index (χ4v) is 2.63. The van der Waals surface area contributed by atoms with E-state index in [4.69, 9.17) is 0 Å². The number of hydrogen-bond donors (Lipinski definition) is 1. The summed E-state index contributed by atoms with van der Waals surface area (Å²) in [4.78, 5) is 2.58. The van der Waals surface area contributed by atoms with Crippen LogP contribution in [-0.4, -0.2) is 30.6 Å². The van der Waals surface area contributed by atoms with Gasteiger partial charge in [-0.15, -0.1) is 0 Å². The zero-order valence-corrected chi connectivity index (χ0v) is 11.8. The van der Waals surface area contributed by atoms with Crippen LogP contribution in [-0.2, 0) is 13.0 Å². The molecular formula is C16H26N2. The van der Waals surface area contributed by atoms with Crippen LogP contribution < -0.4 is 5.32 Å². The van der Waals surface area contributed by atoms with Gasteiger partial charge in [-0.25, -0.2) is 0 Å². The summed E-state index contributed by atoms with van der Waals surface area (Å²) >= 11 is 0. The summed E-state index contributed by atoms with van der Waals surface area (Å²) in [7, 11) is 0. The molecule has 0 amide bonds. The molecule has 0 bridgehead atoms. The van der Waals surface area contributed by atoms with Gasteiger partial charge in [-0.1, -0.05) is 38.1 Å². The molecule has 1 aromatic carbocycles. The summed E-state index contributed by atoms with van der Waals surface area (Å²) in [6, 6.07) is 9.50. The lowest BCUT2D eigenvalue weighted by Crippen LogP contribution is -2.25. The molecule has 0 aromatic heterocycles. The first-order valence-corrected chi connectivity index (χ1v) is 7.28. The molecular weight excluding hydrogens is 220 g/mol. The summed E-state index contributed by atoms with van der Waals surface area (Å²) in [5.41, 5.74) is 3.03. The highest BCUT2D eigenvalue weighted by Gasteiger charge is 2.13. The lowest BCUT2D eigenvalue weighted by molar-refractivity contribution is 0.330. The highest BCUT2D eigenvalue weighted by Crippen LogP contribution is 2.16. The number of hydrogen-bond acceptors (Lipinski definition) is 2. The quantitative estimate of drug-likeness (QED) is 0.830. The van der Waals surface area contributed by atoms with Gasteiger partial charge in [0.25, 0.3) is 0 Å².